The minimum atomic E-state index is -0.701. The quantitative estimate of drug-likeness (QED) is 0.433. The number of Topliss-reactive ketones (excluding diaryl/α,β-unsaturated/α-hetero) is 1. The van der Waals surface area contributed by atoms with Crippen molar-refractivity contribution in [1.82, 2.24) is 9.88 Å². The maximum atomic E-state index is 13.0. The second kappa shape index (κ2) is 8.77. The van der Waals surface area contributed by atoms with Crippen molar-refractivity contribution < 1.29 is 24.3 Å². The molecule has 2 aromatic rings. The van der Waals surface area contributed by atoms with Gasteiger partial charge >= 0.3 is 0 Å². The molecular weight excluding hydrogens is 382 g/mol. The second-order valence-corrected chi connectivity index (χ2v) is 7.73. The highest BCUT2D eigenvalue weighted by Gasteiger charge is 2.47. The van der Waals surface area contributed by atoms with Crippen molar-refractivity contribution in [3.8, 4) is 0 Å². The normalized spacial score (nSPS) is 21.9. The molecule has 7 nitrogen and oxygen atoms in total. The van der Waals surface area contributed by atoms with Gasteiger partial charge in [0.2, 0.25) is 0 Å². The molecule has 4 rings (SSSR count). The van der Waals surface area contributed by atoms with Crippen molar-refractivity contribution in [3.63, 3.8) is 0 Å². The molecule has 2 N–H and O–H groups in total. The molecule has 0 aliphatic carbocycles. The number of nitrogens with zero attached hydrogens (tertiary/aromatic N) is 2. The molecular formula is C23H26N3O4+. The van der Waals surface area contributed by atoms with Gasteiger partial charge < -0.3 is 19.6 Å². The highest BCUT2D eigenvalue weighted by molar-refractivity contribution is 6.46. The van der Waals surface area contributed by atoms with Crippen LogP contribution in [0.2, 0.25) is 0 Å². The molecule has 1 aromatic carbocycles. The van der Waals surface area contributed by atoms with Crippen LogP contribution in [0.1, 0.15) is 22.9 Å². The number of aromatic nitrogens is 1. The highest BCUT2D eigenvalue weighted by atomic mass is 16.5. The Morgan fingerprint density at radius 3 is 2.57 bits per heavy atom. The molecule has 1 atom stereocenters. The van der Waals surface area contributed by atoms with Gasteiger partial charge in [-0.1, -0.05) is 35.9 Å². The third-order valence-corrected chi connectivity index (χ3v) is 5.74. The summed E-state index contributed by atoms with van der Waals surface area (Å²) in [6.07, 6.45) is 1.63. The van der Waals surface area contributed by atoms with E-state index < -0.39 is 17.7 Å². The lowest BCUT2D eigenvalue weighted by Gasteiger charge is -2.28. The predicted octanol–water partition coefficient (Wildman–Crippen LogP) is 0.727. The van der Waals surface area contributed by atoms with Crippen molar-refractivity contribution in [2.75, 3.05) is 39.4 Å². The van der Waals surface area contributed by atoms with Gasteiger partial charge in [-0.3, -0.25) is 14.6 Å². The number of carbonyl (C=O) groups excluding carboxylic acids is 2. The molecule has 2 aliphatic heterocycles. The topological polar surface area (TPSA) is 84.2 Å². The van der Waals surface area contributed by atoms with E-state index in [1.54, 1.807) is 35.4 Å². The maximum Gasteiger partial charge on any atom is 0.295 e. The summed E-state index contributed by atoms with van der Waals surface area (Å²) in [7, 11) is 0. The first kappa shape index (κ1) is 20.3. The molecule has 0 spiro atoms. The second-order valence-electron chi connectivity index (χ2n) is 7.73. The molecule has 7 heteroatoms. The van der Waals surface area contributed by atoms with E-state index >= 15 is 0 Å². The Morgan fingerprint density at radius 2 is 1.90 bits per heavy atom. The first-order valence-corrected chi connectivity index (χ1v) is 10.2. The van der Waals surface area contributed by atoms with Crippen LogP contribution in [0.25, 0.3) is 5.76 Å². The van der Waals surface area contributed by atoms with Crippen LogP contribution in [-0.2, 0) is 14.3 Å². The standard InChI is InChI=1S/C23H25N3O4/c1-16-5-7-17(8-6-16)21(27)19-20(18-4-2-3-9-24-18)26(23(29)22(19)28)11-10-25-12-14-30-15-13-25/h2-9,20,27H,10-15H2,1H3/p+1/b21-19+/t20-/m0/s1. The van der Waals surface area contributed by atoms with Gasteiger partial charge in [0.15, 0.2) is 0 Å². The van der Waals surface area contributed by atoms with E-state index in [9.17, 15) is 14.7 Å². The highest BCUT2D eigenvalue weighted by Crippen LogP contribution is 2.38. The number of aliphatic hydroxyl groups excluding tert-OH is 1. The predicted molar refractivity (Wildman–Crippen MR) is 111 cm³/mol. The summed E-state index contributed by atoms with van der Waals surface area (Å²) in [5.74, 6) is -1.42. The third-order valence-electron chi connectivity index (χ3n) is 5.74. The van der Waals surface area contributed by atoms with Crippen molar-refractivity contribution in [3.05, 3.63) is 71.1 Å². The van der Waals surface area contributed by atoms with Gasteiger partial charge in [-0.2, -0.15) is 0 Å². The lowest BCUT2D eigenvalue weighted by molar-refractivity contribution is -0.907. The largest absolute Gasteiger partial charge is 0.507 e. The first-order chi connectivity index (χ1) is 14.6. The summed E-state index contributed by atoms with van der Waals surface area (Å²) in [6, 6.07) is 11.9. The van der Waals surface area contributed by atoms with Gasteiger partial charge in [0.05, 0.1) is 37.6 Å². The van der Waals surface area contributed by atoms with Gasteiger partial charge in [0, 0.05) is 11.8 Å². The Morgan fingerprint density at radius 1 is 1.17 bits per heavy atom. The fraction of sp³-hybridized carbons (Fsp3) is 0.348. The lowest BCUT2D eigenvalue weighted by atomic mass is 9.98. The van der Waals surface area contributed by atoms with Crippen molar-refractivity contribution in [2.24, 2.45) is 0 Å². The number of morpholine rings is 1. The van der Waals surface area contributed by atoms with Gasteiger partial charge in [0.25, 0.3) is 11.7 Å². The smallest absolute Gasteiger partial charge is 0.295 e. The number of ketones is 1. The van der Waals surface area contributed by atoms with Crippen molar-refractivity contribution in [2.45, 2.75) is 13.0 Å². The molecule has 1 amide bonds. The molecule has 0 bridgehead atoms. The fourth-order valence-electron chi connectivity index (χ4n) is 4.01. The summed E-state index contributed by atoms with van der Waals surface area (Å²) < 4.78 is 5.40. The number of hydrogen-bond donors (Lipinski definition) is 2. The number of carbonyl (C=O) groups is 2. The Labute approximate surface area is 175 Å². The van der Waals surface area contributed by atoms with E-state index in [1.165, 1.54) is 4.90 Å². The number of pyridine rings is 1. The molecule has 156 valence electrons. The van der Waals surface area contributed by atoms with Gasteiger partial charge in [-0.15, -0.1) is 0 Å². The zero-order chi connectivity index (χ0) is 21.1. The number of ether oxygens (including phenoxy) is 1. The van der Waals surface area contributed by atoms with E-state index in [-0.39, 0.29) is 11.3 Å². The molecule has 2 saturated heterocycles. The number of nitrogens with one attached hydrogen (secondary N) is 1. The van der Waals surface area contributed by atoms with Gasteiger partial charge in [-0.25, -0.2) is 0 Å². The van der Waals surface area contributed by atoms with Crippen LogP contribution in [0.15, 0.2) is 54.2 Å². The summed E-state index contributed by atoms with van der Waals surface area (Å²) in [6.45, 7) is 6.22. The van der Waals surface area contributed by atoms with Crippen molar-refractivity contribution in [1.29, 1.82) is 0 Å². The van der Waals surface area contributed by atoms with Crippen LogP contribution in [0.5, 0.6) is 0 Å². The maximum absolute atomic E-state index is 13.0. The number of benzene rings is 1. The minimum absolute atomic E-state index is 0.0968. The van der Waals surface area contributed by atoms with Crippen LogP contribution in [0, 0.1) is 6.92 Å². The van der Waals surface area contributed by atoms with E-state index in [0.29, 0.717) is 37.6 Å². The lowest BCUT2D eigenvalue weighted by Crippen LogP contribution is -3.14. The summed E-state index contributed by atoms with van der Waals surface area (Å²) in [4.78, 5) is 33.2. The molecule has 0 saturated carbocycles. The number of rotatable bonds is 5. The molecule has 2 aliphatic rings. The Balaban J connectivity index is 1.71. The molecule has 30 heavy (non-hydrogen) atoms. The van der Waals surface area contributed by atoms with Crippen LogP contribution in [0.4, 0.5) is 0 Å². The summed E-state index contributed by atoms with van der Waals surface area (Å²) >= 11 is 0. The first-order valence-electron chi connectivity index (χ1n) is 10.2. The fourth-order valence-corrected chi connectivity index (χ4v) is 4.01. The van der Waals surface area contributed by atoms with E-state index in [1.807, 2.05) is 25.1 Å². The van der Waals surface area contributed by atoms with Gasteiger partial charge in [0.1, 0.15) is 24.9 Å². The van der Waals surface area contributed by atoms with E-state index in [4.69, 9.17) is 4.74 Å². The number of aliphatic hydroxyl groups is 1. The molecule has 0 unspecified atom stereocenters. The molecule has 0 radical (unpaired) electrons. The van der Waals surface area contributed by atoms with Crippen LogP contribution >= 0.6 is 0 Å². The Bertz CT molecular complexity index is 950. The van der Waals surface area contributed by atoms with Gasteiger partial charge in [-0.05, 0) is 19.1 Å². The van der Waals surface area contributed by atoms with Crippen LogP contribution in [0.3, 0.4) is 0 Å². The van der Waals surface area contributed by atoms with E-state index in [0.717, 1.165) is 18.7 Å². The summed E-state index contributed by atoms with van der Waals surface area (Å²) in [5, 5.41) is 11.0. The third kappa shape index (κ3) is 3.99. The zero-order valence-electron chi connectivity index (χ0n) is 17.0. The summed E-state index contributed by atoms with van der Waals surface area (Å²) in [5.41, 5.74) is 2.22. The Hall–Kier alpha value is -3.03. The Kier molecular flexibility index (Phi) is 5.92. The van der Waals surface area contributed by atoms with Crippen LogP contribution < -0.4 is 4.90 Å². The average molecular weight is 408 g/mol. The number of aryl methyl sites for hydroxylation is 1. The molecule has 2 fully saturated rings. The van der Waals surface area contributed by atoms with Crippen molar-refractivity contribution >= 4 is 17.4 Å². The molecule has 1 aromatic heterocycles. The SMILES string of the molecule is Cc1ccc(/C(O)=C2\C(=O)C(=O)N(CC[NH+]3CCOCC3)[C@H]2c2ccccn2)cc1. The minimum Gasteiger partial charge on any atom is -0.507 e. The zero-order valence-corrected chi connectivity index (χ0v) is 17.0. The number of likely N-dealkylation sites (tertiary alicyclic amines) is 1. The number of amides is 1. The number of quaternary nitrogens is 1. The monoisotopic (exact) mass is 408 g/mol. The average Bonchev–Trinajstić information content (AvgIpc) is 3.04. The van der Waals surface area contributed by atoms with Crippen LogP contribution in [-0.4, -0.2) is 66.1 Å². The number of hydrogen-bond acceptors (Lipinski definition) is 5. The molecule has 3 heterocycles. The van der Waals surface area contributed by atoms with E-state index in [2.05, 4.69) is 4.98 Å².